The van der Waals surface area contributed by atoms with Gasteiger partial charge < -0.3 is 10.1 Å². The second-order valence-corrected chi connectivity index (χ2v) is 4.49. The summed E-state index contributed by atoms with van der Waals surface area (Å²) in [6, 6.07) is 9.59. The van der Waals surface area contributed by atoms with Gasteiger partial charge in [0.05, 0.1) is 11.9 Å². The number of hydrogen-bond acceptors (Lipinski definition) is 3. The Kier molecular flexibility index (Phi) is 4.71. The first-order valence-electron chi connectivity index (χ1n) is 6.62. The Hall–Kier alpha value is -2.36. The first-order valence-corrected chi connectivity index (χ1v) is 6.62. The molecule has 1 amide bonds. The summed E-state index contributed by atoms with van der Waals surface area (Å²) in [5, 5.41) is 2.79. The zero-order valence-corrected chi connectivity index (χ0v) is 11.7. The molecule has 4 heteroatoms. The quantitative estimate of drug-likeness (QED) is 0.908. The predicted molar refractivity (Wildman–Crippen MR) is 78.9 cm³/mol. The van der Waals surface area contributed by atoms with Crippen molar-refractivity contribution >= 4 is 11.6 Å². The number of rotatable bonds is 5. The molecule has 2 rings (SSSR count). The fourth-order valence-corrected chi connectivity index (χ4v) is 1.86. The van der Waals surface area contributed by atoms with E-state index in [1.165, 1.54) is 0 Å². The van der Waals surface area contributed by atoms with Crippen molar-refractivity contribution in [3.63, 3.8) is 0 Å². The summed E-state index contributed by atoms with van der Waals surface area (Å²) in [4.78, 5) is 15.9. The molecule has 0 aliphatic heterocycles. The summed E-state index contributed by atoms with van der Waals surface area (Å²) >= 11 is 0. The lowest BCUT2D eigenvalue weighted by atomic mass is 10.1. The number of hydrogen-bond donors (Lipinski definition) is 1. The fourth-order valence-electron chi connectivity index (χ4n) is 1.86. The second kappa shape index (κ2) is 6.70. The topological polar surface area (TPSA) is 51.2 Å². The van der Waals surface area contributed by atoms with Crippen LogP contribution in [0.25, 0.3) is 0 Å². The van der Waals surface area contributed by atoms with Crippen LogP contribution in [0.5, 0.6) is 5.75 Å². The average molecular weight is 270 g/mol. The molecule has 0 bridgehead atoms. The van der Waals surface area contributed by atoms with Gasteiger partial charge in [0.25, 0.3) is 5.91 Å². The zero-order valence-electron chi connectivity index (χ0n) is 11.7. The molecule has 1 N–H and O–H groups in total. The Bertz CT molecular complexity index is 597. The number of aryl methyl sites for hydroxylation is 2. The summed E-state index contributed by atoms with van der Waals surface area (Å²) in [7, 11) is 0. The van der Waals surface area contributed by atoms with Gasteiger partial charge in [-0.05, 0) is 36.6 Å². The largest absolute Gasteiger partial charge is 0.483 e. The normalized spacial score (nSPS) is 10.1. The van der Waals surface area contributed by atoms with E-state index < -0.39 is 0 Å². The molecule has 0 saturated heterocycles. The number of benzene rings is 1. The van der Waals surface area contributed by atoms with Crippen molar-refractivity contribution in [2.45, 2.75) is 20.3 Å². The maximum Gasteiger partial charge on any atom is 0.262 e. The minimum atomic E-state index is -0.188. The smallest absolute Gasteiger partial charge is 0.262 e. The first kappa shape index (κ1) is 14.1. The summed E-state index contributed by atoms with van der Waals surface area (Å²) in [5.74, 6) is 0.570. The van der Waals surface area contributed by atoms with Gasteiger partial charge in [-0.2, -0.15) is 0 Å². The molecule has 104 valence electrons. The predicted octanol–water partition coefficient (Wildman–Crippen LogP) is 2.97. The number of aromatic nitrogens is 1. The third-order valence-electron chi connectivity index (χ3n) is 3.03. The Balaban J connectivity index is 1.94. The second-order valence-electron chi connectivity index (χ2n) is 4.49. The highest BCUT2D eigenvalue weighted by Crippen LogP contribution is 2.18. The third kappa shape index (κ3) is 3.57. The molecule has 0 radical (unpaired) electrons. The van der Waals surface area contributed by atoms with E-state index >= 15 is 0 Å². The van der Waals surface area contributed by atoms with E-state index in [2.05, 4.69) is 17.2 Å². The van der Waals surface area contributed by atoms with Crippen LogP contribution in [-0.2, 0) is 11.2 Å². The summed E-state index contributed by atoms with van der Waals surface area (Å²) in [5.41, 5.74) is 2.78. The van der Waals surface area contributed by atoms with Crippen molar-refractivity contribution < 1.29 is 9.53 Å². The lowest BCUT2D eigenvalue weighted by Crippen LogP contribution is -2.21. The summed E-state index contributed by atoms with van der Waals surface area (Å²) in [6.45, 7) is 3.97. The highest BCUT2D eigenvalue weighted by atomic mass is 16.5. The van der Waals surface area contributed by atoms with E-state index in [1.807, 2.05) is 37.3 Å². The van der Waals surface area contributed by atoms with Crippen LogP contribution in [0, 0.1) is 6.92 Å². The molecule has 2 aromatic rings. The molecular weight excluding hydrogens is 252 g/mol. The Morgan fingerprint density at radius 1 is 1.30 bits per heavy atom. The number of pyridine rings is 1. The number of ether oxygens (including phenoxy) is 1. The number of anilines is 1. The zero-order chi connectivity index (χ0) is 14.4. The molecule has 0 aliphatic carbocycles. The van der Waals surface area contributed by atoms with E-state index in [0.29, 0.717) is 5.69 Å². The Morgan fingerprint density at radius 2 is 2.10 bits per heavy atom. The van der Waals surface area contributed by atoms with Gasteiger partial charge in [0, 0.05) is 6.20 Å². The Labute approximate surface area is 118 Å². The monoisotopic (exact) mass is 270 g/mol. The number of carbonyl (C=O) groups is 1. The maximum absolute atomic E-state index is 11.9. The van der Waals surface area contributed by atoms with Crippen molar-refractivity contribution in [2.75, 3.05) is 11.9 Å². The molecule has 1 aromatic heterocycles. The van der Waals surface area contributed by atoms with Gasteiger partial charge in [-0.25, -0.2) is 0 Å². The molecular formula is C16H18N2O2. The highest BCUT2D eigenvalue weighted by molar-refractivity contribution is 5.92. The van der Waals surface area contributed by atoms with E-state index in [4.69, 9.17) is 4.74 Å². The molecule has 0 unspecified atom stereocenters. The van der Waals surface area contributed by atoms with Crippen LogP contribution >= 0.6 is 0 Å². The minimum absolute atomic E-state index is 0.00858. The van der Waals surface area contributed by atoms with E-state index in [1.54, 1.807) is 12.4 Å². The van der Waals surface area contributed by atoms with Crippen molar-refractivity contribution in [1.82, 2.24) is 4.98 Å². The molecule has 0 fully saturated rings. The SMILES string of the molecule is CCc1ccccc1OCC(=O)Nc1cnccc1C. The van der Waals surface area contributed by atoms with Crippen LogP contribution < -0.4 is 10.1 Å². The standard InChI is InChI=1S/C16H18N2O2/c1-3-13-6-4-5-7-15(13)20-11-16(19)18-14-10-17-9-8-12(14)2/h4-10H,3,11H2,1-2H3,(H,18,19). The van der Waals surface area contributed by atoms with Gasteiger partial charge >= 0.3 is 0 Å². The molecule has 1 heterocycles. The van der Waals surface area contributed by atoms with E-state index in [-0.39, 0.29) is 12.5 Å². The third-order valence-corrected chi connectivity index (χ3v) is 3.03. The molecule has 0 spiro atoms. The lowest BCUT2D eigenvalue weighted by molar-refractivity contribution is -0.118. The van der Waals surface area contributed by atoms with E-state index in [0.717, 1.165) is 23.3 Å². The molecule has 0 atom stereocenters. The maximum atomic E-state index is 11.9. The number of amides is 1. The van der Waals surface area contributed by atoms with Crippen molar-refractivity contribution in [1.29, 1.82) is 0 Å². The first-order chi connectivity index (χ1) is 9.70. The van der Waals surface area contributed by atoms with E-state index in [9.17, 15) is 4.79 Å². The molecule has 1 aromatic carbocycles. The molecule has 20 heavy (non-hydrogen) atoms. The van der Waals surface area contributed by atoms with Crippen molar-refractivity contribution in [2.24, 2.45) is 0 Å². The van der Waals surface area contributed by atoms with Crippen molar-refractivity contribution in [3.05, 3.63) is 53.9 Å². The van der Waals surface area contributed by atoms with Crippen LogP contribution in [0.1, 0.15) is 18.1 Å². The van der Waals surface area contributed by atoms with Gasteiger partial charge in [0.15, 0.2) is 6.61 Å². The fraction of sp³-hybridized carbons (Fsp3) is 0.250. The number of carbonyl (C=O) groups excluding carboxylic acids is 1. The Morgan fingerprint density at radius 3 is 2.85 bits per heavy atom. The van der Waals surface area contributed by atoms with Gasteiger partial charge in [0.2, 0.25) is 0 Å². The van der Waals surface area contributed by atoms with Gasteiger partial charge in [0.1, 0.15) is 5.75 Å². The van der Waals surface area contributed by atoms with Gasteiger partial charge in [-0.3, -0.25) is 9.78 Å². The molecule has 0 saturated carbocycles. The number of nitrogens with one attached hydrogen (secondary N) is 1. The van der Waals surface area contributed by atoms with Crippen LogP contribution in [0.3, 0.4) is 0 Å². The lowest BCUT2D eigenvalue weighted by Gasteiger charge is -2.11. The number of para-hydroxylation sites is 1. The van der Waals surface area contributed by atoms with Crippen LogP contribution in [0.4, 0.5) is 5.69 Å². The summed E-state index contributed by atoms with van der Waals surface area (Å²) < 4.78 is 5.57. The van der Waals surface area contributed by atoms with Gasteiger partial charge in [-0.1, -0.05) is 25.1 Å². The highest BCUT2D eigenvalue weighted by Gasteiger charge is 2.07. The minimum Gasteiger partial charge on any atom is -0.483 e. The average Bonchev–Trinajstić information content (AvgIpc) is 2.48. The molecule has 0 aliphatic rings. The van der Waals surface area contributed by atoms with Crippen molar-refractivity contribution in [3.8, 4) is 5.75 Å². The van der Waals surface area contributed by atoms with Crippen LogP contribution in [-0.4, -0.2) is 17.5 Å². The number of nitrogens with zero attached hydrogens (tertiary/aromatic N) is 1. The van der Waals surface area contributed by atoms with Crippen LogP contribution in [0.2, 0.25) is 0 Å². The summed E-state index contributed by atoms with van der Waals surface area (Å²) in [6.07, 6.45) is 4.20. The van der Waals surface area contributed by atoms with Crippen LogP contribution in [0.15, 0.2) is 42.7 Å². The molecule has 4 nitrogen and oxygen atoms in total. The van der Waals surface area contributed by atoms with Gasteiger partial charge in [-0.15, -0.1) is 0 Å².